The van der Waals surface area contributed by atoms with Gasteiger partial charge in [-0.1, -0.05) is 6.92 Å². The van der Waals surface area contributed by atoms with Crippen molar-refractivity contribution in [1.82, 2.24) is 4.98 Å². The lowest BCUT2D eigenvalue weighted by molar-refractivity contribution is -0.384. The Bertz CT molecular complexity index is 772. The Morgan fingerprint density at radius 3 is 2.61 bits per heavy atom. The van der Waals surface area contributed by atoms with Gasteiger partial charge in [-0.2, -0.15) is 0 Å². The fraction of sp³-hybridized carbons (Fsp3) is 0.214. The van der Waals surface area contributed by atoms with Gasteiger partial charge < -0.3 is 4.74 Å². The van der Waals surface area contributed by atoms with E-state index >= 15 is 0 Å². The summed E-state index contributed by atoms with van der Waals surface area (Å²) in [7, 11) is 1.16. The van der Waals surface area contributed by atoms with Crippen molar-refractivity contribution in [2.75, 3.05) is 12.4 Å². The van der Waals surface area contributed by atoms with Crippen molar-refractivity contribution in [3.8, 4) is 0 Å². The Morgan fingerprint density at radius 1 is 1.35 bits per heavy atom. The number of esters is 1. The lowest BCUT2D eigenvalue weighted by Gasteiger charge is -2.05. The van der Waals surface area contributed by atoms with Crippen molar-refractivity contribution in [3.05, 3.63) is 50.5 Å². The molecule has 1 aromatic carbocycles. The molecule has 0 aliphatic heterocycles. The van der Waals surface area contributed by atoms with Crippen LogP contribution >= 0.6 is 11.3 Å². The number of non-ortho nitro benzene ring substituents is 1. The van der Waals surface area contributed by atoms with Crippen LogP contribution in [0.25, 0.3) is 0 Å². The number of benzene rings is 1. The molecule has 2 aromatic rings. The number of carbonyl (C=O) groups excluding carboxylic acids is 2. The number of aryl methyl sites for hydroxylation is 1. The third-order valence-corrected chi connectivity index (χ3v) is 3.75. The highest BCUT2D eigenvalue weighted by Crippen LogP contribution is 2.21. The number of methoxy groups -OCH3 is 1. The van der Waals surface area contributed by atoms with Crippen LogP contribution in [-0.2, 0) is 11.2 Å². The largest absolute Gasteiger partial charge is 0.465 e. The SMILES string of the molecule is CCc1csc(NC(=O)c2cc(C(=O)OC)cc([N+](=O)[O-])c2)n1. The van der Waals surface area contributed by atoms with E-state index in [1.807, 2.05) is 12.3 Å². The number of thiazole rings is 1. The summed E-state index contributed by atoms with van der Waals surface area (Å²) < 4.78 is 4.54. The van der Waals surface area contributed by atoms with Gasteiger partial charge in [-0.3, -0.25) is 20.2 Å². The molecule has 1 aromatic heterocycles. The van der Waals surface area contributed by atoms with Gasteiger partial charge in [0.05, 0.1) is 23.3 Å². The van der Waals surface area contributed by atoms with Gasteiger partial charge in [-0.15, -0.1) is 11.3 Å². The molecule has 0 aliphatic carbocycles. The van der Waals surface area contributed by atoms with Gasteiger partial charge in [0.25, 0.3) is 11.6 Å². The first-order chi connectivity index (χ1) is 10.9. The molecule has 23 heavy (non-hydrogen) atoms. The number of nitrogens with one attached hydrogen (secondary N) is 1. The van der Waals surface area contributed by atoms with Crippen molar-refractivity contribution in [3.63, 3.8) is 0 Å². The van der Waals surface area contributed by atoms with Crippen LogP contribution in [0.4, 0.5) is 10.8 Å². The Labute approximate surface area is 135 Å². The minimum absolute atomic E-state index is 0.0205. The number of nitro groups is 1. The van der Waals surface area contributed by atoms with Crippen molar-refractivity contribution in [2.24, 2.45) is 0 Å². The molecule has 0 unspecified atom stereocenters. The van der Waals surface area contributed by atoms with Crippen LogP contribution in [0.2, 0.25) is 0 Å². The molecule has 0 atom stereocenters. The Balaban J connectivity index is 2.32. The quantitative estimate of drug-likeness (QED) is 0.511. The standard InChI is InChI=1S/C14H13N3O5S/c1-3-10-7-23-14(15-10)16-12(18)8-4-9(13(19)22-2)6-11(5-8)17(20)21/h4-7H,3H2,1-2H3,(H,15,16,18). The normalized spacial score (nSPS) is 10.2. The number of nitrogens with zero attached hydrogens (tertiary/aromatic N) is 2. The van der Waals surface area contributed by atoms with Crippen molar-refractivity contribution in [2.45, 2.75) is 13.3 Å². The fourth-order valence-electron chi connectivity index (χ4n) is 1.78. The lowest BCUT2D eigenvalue weighted by atomic mass is 10.1. The van der Waals surface area contributed by atoms with E-state index in [1.54, 1.807) is 0 Å². The molecule has 9 heteroatoms. The maximum absolute atomic E-state index is 12.2. The van der Waals surface area contributed by atoms with E-state index in [9.17, 15) is 19.7 Å². The molecular weight excluding hydrogens is 322 g/mol. The number of anilines is 1. The molecule has 0 bridgehead atoms. The first-order valence-electron chi connectivity index (χ1n) is 6.58. The molecule has 1 N–H and O–H groups in total. The molecule has 8 nitrogen and oxygen atoms in total. The van der Waals surface area contributed by atoms with E-state index in [0.29, 0.717) is 5.13 Å². The summed E-state index contributed by atoms with van der Waals surface area (Å²) in [6.07, 6.45) is 0.732. The van der Waals surface area contributed by atoms with Crippen LogP contribution in [0, 0.1) is 10.1 Å². The zero-order chi connectivity index (χ0) is 17.0. The number of hydrogen-bond donors (Lipinski definition) is 1. The Morgan fingerprint density at radius 2 is 2.04 bits per heavy atom. The first kappa shape index (κ1) is 16.6. The van der Waals surface area contributed by atoms with E-state index in [4.69, 9.17) is 0 Å². The summed E-state index contributed by atoms with van der Waals surface area (Å²) in [5.74, 6) is -1.35. The third-order valence-electron chi connectivity index (χ3n) is 2.95. The van der Waals surface area contributed by atoms with Crippen LogP contribution < -0.4 is 5.32 Å². The molecular formula is C14H13N3O5S. The number of nitro benzene ring substituents is 1. The van der Waals surface area contributed by atoms with Crippen LogP contribution in [0.5, 0.6) is 0 Å². The summed E-state index contributed by atoms with van der Waals surface area (Å²) in [4.78, 5) is 38.3. The number of amides is 1. The number of carbonyl (C=O) groups is 2. The molecule has 0 spiro atoms. The number of aromatic nitrogens is 1. The van der Waals surface area contributed by atoms with Gasteiger partial charge in [0.1, 0.15) is 0 Å². The topological polar surface area (TPSA) is 111 Å². The summed E-state index contributed by atoms with van der Waals surface area (Å²) in [6.45, 7) is 1.93. The van der Waals surface area contributed by atoms with Gasteiger partial charge in [0.2, 0.25) is 0 Å². The summed E-state index contributed by atoms with van der Waals surface area (Å²) >= 11 is 1.25. The summed E-state index contributed by atoms with van der Waals surface area (Å²) in [6, 6.07) is 3.39. The first-order valence-corrected chi connectivity index (χ1v) is 7.46. The summed E-state index contributed by atoms with van der Waals surface area (Å²) in [5, 5.41) is 15.7. The molecule has 120 valence electrons. The number of rotatable bonds is 5. The minimum atomic E-state index is -0.759. The second kappa shape index (κ2) is 6.97. The smallest absolute Gasteiger partial charge is 0.338 e. The zero-order valence-electron chi connectivity index (χ0n) is 12.4. The molecule has 1 heterocycles. The predicted molar refractivity (Wildman–Crippen MR) is 83.9 cm³/mol. The second-order valence-electron chi connectivity index (χ2n) is 4.47. The van der Waals surface area contributed by atoms with Gasteiger partial charge in [-0.05, 0) is 12.5 Å². The average Bonchev–Trinajstić information content (AvgIpc) is 3.01. The van der Waals surface area contributed by atoms with Crippen LogP contribution in [0.15, 0.2) is 23.6 Å². The predicted octanol–water partition coefficient (Wildman–Crippen LogP) is 2.65. The molecule has 0 saturated carbocycles. The van der Waals surface area contributed by atoms with E-state index in [1.165, 1.54) is 17.4 Å². The highest BCUT2D eigenvalue weighted by atomic mass is 32.1. The number of ether oxygens (including phenoxy) is 1. The maximum Gasteiger partial charge on any atom is 0.338 e. The Hall–Kier alpha value is -2.81. The molecule has 0 fully saturated rings. The fourth-order valence-corrected chi connectivity index (χ4v) is 2.57. The highest BCUT2D eigenvalue weighted by Gasteiger charge is 2.19. The minimum Gasteiger partial charge on any atom is -0.465 e. The van der Waals surface area contributed by atoms with E-state index in [-0.39, 0.29) is 16.8 Å². The monoisotopic (exact) mass is 335 g/mol. The van der Waals surface area contributed by atoms with E-state index in [2.05, 4.69) is 15.0 Å². The number of hydrogen-bond acceptors (Lipinski definition) is 7. The third kappa shape index (κ3) is 3.89. The van der Waals surface area contributed by atoms with Crippen LogP contribution in [0.3, 0.4) is 0 Å². The van der Waals surface area contributed by atoms with Gasteiger partial charge in [0.15, 0.2) is 5.13 Å². The van der Waals surface area contributed by atoms with Gasteiger partial charge in [-0.25, -0.2) is 9.78 Å². The average molecular weight is 335 g/mol. The van der Waals surface area contributed by atoms with E-state index < -0.39 is 16.8 Å². The van der Waals surface area contributed by atoms with Gasteiger partial charge >= 0.3 is 5.97 Å². The Kier molecular flexibility index (Phi) is 5.02. The maximum atomic E-state index is 12.2. The highest BCUT2D eigenvalue weighted by molar-refractivity contribution is 7.13. The molecule has 2 rings (SSSR count). The second-order valence-corrected chi connectivity index (χ2v) is 5.33. The van der Waals surface area contributed by atoms with Crippen molar-refractivity contribution >= 4 is 34.0 Å². The van der Waals surface area contributed by atoms with Crippen LogP contribution in [-0.4, -0.2) is 28.9 Å². The molecule has 1 amide bonds. The summed E-state index contributed by atoms with van der Waals surface area (Å²) in [5.41, 5.74) is 0.374. The van der Waals surface area contributed by atoms with Crippen LogP contribution in [0.1, 0.15) is 33.3 Å². The lowest BCUT2D eigenvalue weighted by Crippen LogP contribution is -2.14. The van der Waals surface area contributed by atoms with E-state index in [0.717, 1.165) is 31.4 Å². The zero-order valence-corrected chi connectivity index (χ0v) is 13.2. The molecule has 0 radical (unpaired) electrons. The van der Waals surface area contributed by atoms with Crippen molar-refractivity contribution < 1.29 is 19.2 Å². The molecule has 0 aliphatic rings. The molecule has 0 saturated heterocycles. The van der Waals surface area contributed by atoms with Gasteiger partial charge in [0, 0.05) is 23.1 Å². The van der Waals surface area contributed by atoms with Crippen molar-refractivity contribution in [1.29, 1.82) is 0 Å².